The second-order valence-corrected chi connectivity index (χ2v) is 9.52. The third-order valence-electron chi connectivity index (χ3n) is 6.70. The molecule has 3 fully saturated rings. The highest BCUT2D eigenvalue weighted by atomic mass is 16.6. The number of ether oxygens (including phenoxy) is 3. The molecule has 6 atom stereocenters. The summed E-state index contributed by atoms with van der Waals surface area (Å²) in [5.74, 6) is 0.610. The minimum Gasteiger partial charge on any atom is -0.361 e. The minimum atomic E-state index is -0.195. The number of ketones is 3. The van der Waals surface area contributed by atoms with E-state index in [-0.39, 0.29) is 54.0 Å². The molecule has 0 N–H and O–H groups in total. The molecule has 3 saturated heterocycles. The monoisotopic (exact) mass is 436 g/mol. The summed E-state index contributed by atoms with van der Waals surface area (Å²) in [5, 5.41) is 0. The molecule has 0 aromatic carbocycles. The molecule has 6 nitrogen and oxygen atoms in total. The van der Waals surface area contributed by atoms with Crippen molar-refractivity contribution < 1.29 is 28.6 Å². The van der Waals surface area contributed by atoms with Crippen molar-refractivity contribution >= 4 is 17.3 Å². The summed E-state index contributed by atoms with van der Waals surface area (Å²) >= 11 is 0. The van der Waals surface area contributed by atoms with Crippen molar-refractivity contribution in [1.82, 2.24) is 0 Å². The number of hydrogen-bond acceptors (Lipinski definition) is 6. The first-order valence-electron chi connectivity index (χ1n) is 12.5. The van der Waals surface area contributed by atoms with Crippen LogP contribution in [0.1, 0.15) is 104 Å². The molecule has 0 amide bonds. The number of carbonyl (C=O) groups excluding carboxylic acids is 3. The number of unbranched alkanes of at least 4 members (excludes halogenated alkanes) is 6. The first-order valence-corrected chi connectivity index (χ1v) is 12.5. The van der Waals surface area contributed by atoms with Gasteiger partial charge in [0.15, 0.2) is 17.3 Å². The van der Waals surface area contributed by atoms with Gasteiger partial charge in [-0.25, -0.2) is 0 Å². The average molecular weight is 437 g/mol. The lowest BCUT2D eigenvalue weighted by atomic mass is 10.0. The molecule has 3 rings (SSSR count). The van der Waals surface area contributed by atoms with Crippen molar-refractivity contribution in [2.45, 2.75) is 140 Å². The van der Waals surface area contributed by atoms with Crippen LogP contribution in [0.2, 0.25) is 0 Å². The fraction of sp³-hybridized carbons (Fsp3) is 0.880. The SMILES string of the molecule is CCCCC[C@H]1O[C@H]1C(=O)CCCCC[C@H]1O[C@H]1C(=O)CCCCC[C@H]1O[C@H]1C(C)=O. The predicted molar refractivity (Wildman–Crippen MR) is 117 cm³/mol. The van der Waals surface area contributed by atoms with Crippen LogP contribution in [-0.2, 0) is 28.6 Å². The van der Waals surface area contributed by atoms with Gasteiger partial charge in [-0.2, -0.15) is 0 Å². The molecule has 0 spiro atoms. The molecule has 0 aliphatic carbocycles. The van der Waals surface area contributed by atoms with Crippen molar-refractivity contribution in [1.29, 1.82) is 0 Å². The van der Waals surface area contributed by atoms with Crippen molar-refractivity contribution in [3.8, 4) is 0 Å². The minimum absolute atomic E-state index is 0.0918. The molecule has 0 radical (unpaired) electrons. The van der Waals surface area contributed by atoms with Crippen LogP contribution in [0.25, 0.3) is 0 Å². The Morgan fingerprint density at radius 1 is 0.581 bits per heavy atom. The molecule has 3 aliphatic rings. The van der Waals surface area contributed by atoms with E-state index >= 15 is 0 Å². The smallest absolute Gasteiger partial charge is 0.164 e. The Morgan fingerprint density at radius 3 is 1.42 bits per heavy atom. The zero-order valence-electron chi connectivity index (χ0n) is 19.3. The van der Waals surface area contributed by atoms with E-state index in [0.29, 0.717) is 12.8 Å². The highest BCUT2D eigenvalue weighted by Crippen LogP contribution is 2.32. The normalized spacial score (nSPS) is 30.8. The number of rotatable bonds is 19. The van der Waals surface area contributed by atoms with Gasteiger partial charge >= 0.3 is 0 Å². The summed E-state index contributed by atoms with van der Waals surface area (Å²) in [7, 11) is 0. The highest BCUT2D eigenvalue weighted by molar-refractivity contribution is 5.86. The Hall–Kier alpha value is -1.11. The van der Waals surface area contributed by atoms with Gasteiger partial charge in [0.25, 0.3) is 0 Å². The van der Waals surface area contributed by atoms with Crippen molar-refractivity contribution in [2.24, 2.45) is 0 Å². The van der Waals surface area contributed by atoms with E-state index in [0.717, 1.165) is 64.2 Å². The van der Waals surface area contributed by atoms with E-state index in [9.17, 15) is 14.4 Å². The lowest BCUT2D eigenvalue weighted by Gasteiger charge is -2.00. The molecule has 0 aromatic heterocycles. The average Bonchev–Trinajstić information content (AvgIpc) is 3.59. The number of hydrogen-bond donors (Lipinski definition) is 0. The fourth-order valence-electron chi connectivity index (χ4n) is 4.53. The molecule has 3 heterocycles. The summed E-state index contributed by atoms with van der Waals surface area (Å²) in [6, 6.07) is 0. The molecular weight excluding hydrogens is 396 g/mol. The Labute approximate surface area is 186 Å². The lowest BCUT2D eigenvalue weighted by Crippen LogP contribution is -2.10. The Balaban J connectivity index is 1.11. The summed E-state index contributed by atoms with van der Waals surface area (Å²) in [6.45, 7) is 3.75. The van der Waals surface area contributed by atoms with Crippen LogP contribution in [-0.4, -0.2) is 54.0 Å². The molecule has 6 heteroatoms. The van der Waals surface area contributed by atoms with Crippen LogP contribution in [0.5, 0.6) is 0 Å². The number of epoxide rings is 3. The molecule has 0 bridgehead atoms. The third-order valence-corrected chi connectivity index (χ3v) is 6.70. The standard InChI is InChI=1S/C25H40O6/c1-3-4-7-14-21-24(30-21)18(27)13-9-6-11-16-22-25(31-22)19(28)12-8-5-10-15-20-23(29-20)17(2)26/h20-25H,3-16H2,1-2H3/t20-,21-,22-,23+,24+,25+/m1/s1. The van der Waals surface area contributed by atoms with Crippen molar-refractivity contribution in [2.75, 3.05) is 0 Å². The van der Waals surface area contributed by atoms with Crippen molar-refractivity contribution in [3.63, 3.8) is 0 Å². The maximum Gasteiger partial charge on any atom is 0.164 e. The van der Waals surface area contributed by atoms with Crippen LogP contribution in [0.3, 0.4) is 0 Å². The summed E-state index contributed by atoms with van der Waals surface area (Å²) in [4.78, 5) is 35.4. The van der Waals surface area contributed by atoms with Gasteiger partial charge < -0.3 is 14.2 Å². The number of carbonyl (C=O) groups is 3. The first-order chi connectivity index (χ1) is 15.0. The van der Waals surface area contributed by atoms with Gasteiger partial charge in [-0.1, -0.05) is 51.9 Å². The van der Waals surface area contributed by atoms with Crippen LogP contribution in [0.15, 0.2) is 0 Å². The second-order valence-electron chi connectivity index (χ2n) is 9.52. The molecule has 0 aromatic rings. The zero-order valence-corrected chi connectivity index (χ0v) is 19.3. The molecule has 3 aliphatic heterocycles. The summed E-state index contributed by atoms with van der Waals surface area (Å²) < 4.78 is 16.4. The van der Waals surface area contributed by atoms with Gasteiger partial charge in [-0.15, -0.1) is 0 Å². The van der Waals surface area contributed by atoms with Crippen LogP contribution in [0, 0.1) is 0 Å². The predicted octanol–water partition coefficient (Wildman–Crippen LogP) is 4.50. The van der Waals surface area contributed by atoms with Gasteiger partial charge in [0, 0.05) is 12.8 Å². The van der Waals surface area contributed by atoms with E-state index in [1.807, 2.05) is 0 Å². The lowest BCUT2D eigenvalue weighted by molar-refractivity contribution is -0.121. The molecule has 31 heavy (non-hydrogen) atoms. The Morgan fingerprint density at radius 2 is 1.00 bits per heavy atom. The Bertz CT molecular complexity index is 617. The van der Waals surface area contributed by atoms with Crippen LogP contribution >= 0.6 is 0 Å². The van der Waals surface area contributed by atoms with E-state index < -0.39 is 0 Å². The maximum atomic E-state index is 12.2. The van der Waals surface area contributed by atoms with Gasteiger partial charge in [-0.05, 0) is 39.0 Å². The van der Waals surface area contributed by atoms with Gasteiger partial charge in [0.2, 0.25) is 0 Å². The summed E-state index contributed by atoms with van der Waals surface area (Å²) in [6.07, 6.45) is 13.3. The summed E-state index contributed by atoms with van der Waals surface area (Å²) in [5.41, 5.74) is 0. The number of Topliss-reactive ketones (excluding diaryl/α,β-unsaturated/α-hetero) is 3. The first kappa shape index (κ1) is 24.5. The van der Waals surface area contributed by atoms with E-state index in [2.05, 4.69) is 6.92 Å². The second kappa shape index (κ2) is 12.2. The van der Waals surface area contributed by atoms with Crippen LogP contribution in [0.4, 0.5) is 0 Å². The van der Waals surface area contributed by atoms with E-state index in [1.54, 1.807) is 6.92 Å². The highest BCUT2D eigenvalue weighted by Gasteiger charge is 2.44. The fourth-order valence-corrected chi connectivity index (χ4v) is 4.53. The zero-order chi connectivity index (χ0) is 22.2. The van der Waals surface area contributed by atoms with Crippen LogP contribution < -0.4 is 0 Å². The van der Waals surface area contributed by atoms with Gasteiger partial charge in [-0.3, -0.25) is 14.4 Å². The van der Waals surface area contributed by atoms with Crippen molar-refractivity contribution in [3.05, 3.63) is 0 Å². The Kier molecular flexibility index (Phi) is 9.67. The van der Waals surface area contributed by atoms with E-state index in [4.69, 9.17) is 14.2 Å². The van der Waals surface area contributed by atoms with Gasteiger partial charge in [0.1, 0.15) is 18.3 Å². The molecule has 176 valence electrons. The quantitative estimate of drug-likeness (QED) is 0.219. The molecule has 0 saturated carbocycles. The molecule has 0 unspecified atom stereocenters. The maximum absolute atomic E-state index is 12.2. The third kappa shape index (κ3) is 8.39. The van der Waals surface area contributed by atoms with Gasteiger partial charge in [0.05, 0.1) is 18.3 Å². The van der Waals surface area contributed by atoms with E-state index in [1.165, 1.54) is 12.8 Å². The topological polar surface area (TPSA) is 88.8 Å². The molecular formula is C25H40O6. The largest absolute Gasteiger partial charge is 0.361 e.